The molecule has 1 amide bonds. The Kier molecular flexibility index (Phi) is 46.7. The number of amides is 1. The molecule has 0 bridgehead atoms. The molecular formula is C66H82Cl4F14N10O11. The van der Waals surface area contributed by atoms with Crippen LogP contribution in [0.2, 0.25) is 0 Å². The summed E-state index contributed by atoms with van der Waals surface area (Å²) < 4.78 is 199. The van der Waals surface area contributed by atoms with Crippen molar-refractivity contribution >= 4 is 98.2 Å². The highest BCUT2D eigenvalue weighted by Gasteiger charge is 2.36. The number of nitrogen functional groups attached to an aromatic ring is 1. The van der Waals surface area contributed by atoms with E-state index in [0.29, 0.717) is 120 Å². The fourth-order valence-corrected chi connectivity index (χ4v) is 9.13. The molecule has 21 nitrogen and oxygen atoms in total. The first-order valence-electron chi connectivity index (χ1n) is 31.9. The number of hydrogen-bond acceptors (Lipinski definition) is 18. The summed E-state index contributed by atoms with van der Waals surface area (Å²) in [6.07, 6.45) is -8.26. The zero-order valence-electron chi connectivity index (χ0n) is 58.1. The lowest BCUT2D eigenvalue weighted by molar-refractivity contribution is -0.387. The first-order valence-corrected chi connectivity index (χ1v) is 32.6. The molecule has 4 fully saturated rings. The minimum Gasteiger partial charge on any atom is -0.400 e. The second-order valence-corrected chi connectivity index (χ2v) is 21.9. The predicted molar refractivity (Wildman–Crippen MR) is 376 cm³/mol. The number of nitrogens with two attached hydrogens (primary N) is 1. The standard InChI is InChI=1S/C17H16F3N3O2.C11H11F3N2O3.C11H13F3N2O.C7H3F4NO2.C6H4ClNO.C6H15N.C5H10O.CH2Cl2.CH3F.CH4O.ClH/c18-17(19,20)13-1-2-15(23-7-9-25-10-8-23)14(11-13)22-16(24)12-3-5-21-6-4-12;12-11(13,14)8-1-2-9(10(7-8)16(17)18)15-3-5-19-6-4-15;12-11(13,14)8-1-2-10(9(15)7-8)16-3-5-17-6-4-16;8-5-2-1-4(7(9,10)11)3-6(5)12(13)14;7-6(9)5-1-3-8-4-2-5;1-4-7(5-2)6-3;1-2-4-6-5-3-1;2-1-3;2*1-2;/h1-6,11H,7-10H2,(H,22,24);1-2,7H,3-6H2;1-2,7H,3-6,15H2;1-3H;1-4H;4-6H2,1-3H3;1-5H2;1H2;1H3;2H,1H3;1H/i;;;;;;;;1D;;. The molecule has 39 heteroatoms. The number of morpholine rings is 3. The number of anilines is 5. The molecule has 0 saturated carbocycles. The number of halogens is 18. The Morgan fingerprint density at radius 2 is 0.876 bits per heavy atom. The molecule has 0 atom stereocenters. The molecule has 4 aliphatic rings. The molecule has 6 aromatic rings. The summed E-state index contributed by atoms with van der Waals surface area (Å²) in [5, 5.41) is 30.4. The van der Waals surface area contributed by atoms with Gasteiger partial charge in [0, 0.05) is 108 Å². The van der Waals surface area contributed by atoms with Crippen molar-refractivity contribution in [2.75, 3.05) is 157 Å². The van der Waals surface area contributed by atoms with Gasteiger partial charge in [0.15, 0.2) is 0 Å². The van der Waals surface area contributed by atoms with Gasteiger partial charge >= 0.3 is 30.4 Å². The van der Waals surface area contributed by atoms with Gasteiger partial charge in [-0.2, -0.15) is 57.1 Å². The summed E-state index contributed by atoms with van der Waals surface area (Å²) in [5.41, 5.74) is 2.62. The van der Waals surface area contributed by atoms with Gasteiger partial charge in [0.2, 0.25) is 5.82 Å². The second kappa shape index (κ2) is 51.5. The molecule has 0 aliphatic carbocycles. The number of rotatable bonds is 11. The van der Waals surface area contributed by atoms with Crippen LogP contribution in [-0.2, 0) is 43.7 Å². The van der Waals surface area contributed by atoms with Gasteiger partial charge < -0.3 is 54.7 Å². The molecule has 0 unspecified atom stereocenters. The average molecular weight is 1600 g/mol. The number of hydrogen-bond donors (Lipinski definition) is 3. The Hall–Kier alpha value is -7.74. The van der Waals surface area contributed by atoms with Gasteiger partial charge in [0.05, 0.1) is 108 Å². The molecule has 2 aromatic heterocycles. The summed E-state index contributed by atoms with van der Waals surface area (Å²) in [6, 6.07) is 16.6. The molecule has 0 spiro atoms. The number of carbonyl (C=O) groups is 2. The second-order valence-electron chi connectivity index (χ2n) is 20.8. The molecule has 0 radical (unpaired) electrons. The fourth-order valence-electron chi connectivity index (χ4n) is 9.00. The van der Waals surface area contributed by atoms with E-state index in [-0.39, 0.29) is 40.9 Å². The summed E-state index contributed by atoms with van der Waals surface area (Å²) in [5.74, 6) is -1.78. The number of benzene rings is 4. The van der Waals surface area contributed by atoms with Crippen LogP contribution in [0.5, 0.6) is 0 Å². The van der Waals surface area contributed by atoms with E-state index in [1.165, 1.54) is 87.9 Å². The number of aliphatic hydroxyl groups is 1. The summed E-state index contributed by atoms with van der Waals surface area (Å²) in [4.78, 5) is 57.1. The summed E-state index contributed by atoms with van der Waals surface area (Å²) in [7, 11) is 0. The minimum absolute atomic E-state index is 0. The lowest BCUT2D eigenvalue weighted by Gasteiger charge is -2.31. The maximum Gasteiger partial charge on any atom is 0.416 e. The third kappa shape index (κ3) is 36.9. The summed E-state index contributed by atoms with van der Waals surface area (Å²) >= 11 is 14.7. The largest absolute Gasteiger partial charge is 0.416 e. The van der Waals surface area contributed by atoms with Gasteiger partial charge in [-0.05, 0) is 135 Å². The van der Waals surface area contributed by atoms with Gasteiger partial charge in [-0.3, -0.25) is 44.2 Å². The molecule has 588 valence electrons. The smallest absolute Gasteiger partial charge is 0.400 e. The highest BCUT2D eigenvalue weighted by Crippen LogP contribution is 2.39. The van der Waals surface area contributed by atoms with E-state index >= 15 is 0 Å². The zero-order chi connectivity index (χ0) is 79.3. The predicted octanol–water partition coefficient (Wildman–Crippen LogP) is 16.5. The van der Waals surface area contributed by atoms with Crippen molar-refractivity contribution in [2.24, 2.45) is 0 Å². The van der Waals surface area contributed by atoms with E-state index in [0.717, 1.165) is 56.7 Å². The first-order chi connectivity index (χ1) is 49.6. The molecule has 4 N–H and O–H groups in total. The normalized spacial score (nSPS) is 14.1. The number of nitro benzene ring substituents is 2. The van der Waals surface area contributed by atoms with Crippen LogP contribution in [0, 0.1) is 26.0 Å². The quantitative estimate of drug-likeness (QED) is 0.0272. The Morgan fingerprint density at radius 1 is 0.552 bits per heavy atom. The van der Waals surface area contributed by atoms with Crippen LogP contribution in [0.4, 0.5) is 101 Å². The van der Waals surface area contributed by atoms with Crippen molar-refractivity contribution in [3.05, 3.63) is 181 Å². The number of nitrogens with one attached hydrogen (secondary N) is 1. The number of alkyl halides is 15. The van der Waals surface area contributed by atoms with E-state index in [4.69, 9.17) is 66.0 Å². The van der Waals surface area contributed by atoms with Gasteiger partial charge in [-0.15, -0.1) is 35.6 Å². The topological polar surface area (TPSA) is 254 Å². The Labute approximate surface area is 619 Å². The zero-order valence-corrected chi connectivity index (χ0v) is 60.2. The molecule has 4 aliphatic heterocycles. The number of aliphatic hydroxyl groups excluding tert-OH is 1. The number of aromatic nitrogens is 2. The van der Waals surface area contributed by atoms with Crippen molar-refractivity contribution in [3.8, 4) is 0 Å². The van der Waals surface area contributed by atoms with Crippen molar-refractivity contribution in [3.63, 3.8) is 0 Å². The molecular weight excluding hydrogens is 1520 g/mol. The van der Waals surface area contributed by atoms with Gasteiger partial charge in [0.25, 0.3) is 16.8 Å². The van der Waals surface area contributed by atoms with E-state index in [9.17, 15) is 91.3 Å². The Bertz CT molecular complexity index is 3440. The highest BCUT2D eigenvalue weighted by molar-refractivity contribution is 6.67. The van der Waals surface area contributed by atoms with Crippen molar-refractivity contribution < 1.29 is 106 Å². The lowest BCUT2D eigenvalue weighted by atomic mass is 10.1. The van der Waals surface area contributed by atoms with Crippen LogP contribution in [0.1, 0.15) is 84.4 Å². The fraction of sp³-hybridized carbons (Fsp3) is 0.455. The number of pyridine rings is 2. The molecule has 10 rings (SSSR count). The first kappa shape index (κ1) is 95.3. The number of ether oxygens (including phenoxy) is 4. The maximum atomic E-state index is 13.0. The van der Waals surface area contributed by atoms with Crippen molar-refractivity contribution in [2.45, 2.75) is 64.7 Å². The van der Waals surface area contributed by atoms with Crippen molar-refractivity contribution in [1.29, 1.82) is 0 Å². The third-order valence-electron chi connectivity index (χ3n) is 14.2. The molecule has 6 heterocycles. The molecule has 4 saturated heterocycles. The average Bonchev–Trinajstić information content (AvgIpc) is 0.822. The number of carbonyl (C=O) groups excluding carboxylic acids is 2. The van der Waals surface area contributed by atoms with Crippen LogP contribution >= 0.6 is 47.2 Å². The number of nitro groups is 2. The van der Waals surface area contributed by atoms with Crippen LogP contribution in [0.3, 0.4) is 0 Å². The van der Waals surface area contributed by atoms with Crippen LogP contribution in [0.25, 0.3) is 0 Å². The van der Waals surface area contributed by atoms with E-state index in [2.05, 4.69) is 41.0 Å². The van der Waals surface area contributed by atoms with Crippen LogP contribution in [-0.4, -0.2) is 172 Å². The Balaban J connectivity index is 0.00000124. The van der Waals surface area contributed by atoms with Crippen molar-refractivity contribution in [1.82, 2.24) is 14.9 Å². The van der Waals surface area contributed by atoms with Crippen LogP contribution < -0.4 is 25.8 Å². The van der Waals surface area contributed by atoms with E-state index in [1.807, 2.05) is 9.80 Å². The SMILES string of the molecule is C1CCOCC1.CCN(CC)CC.CO.Cl.ClCCl.Nc1cc(C(F)(F)F)ccc1N1CCOCC1.O=C(Cl)c1ccncc1.O=C(Nc1cc(C(F)(F)F)ccc1N1CCOCC1)c1ccncc1.O=[N+]([O-])c1cc(C(F)(F)F)ccc1F.O=[N+]([O-])c1cc(C(F)(F)F)ccc1N1CCOCC1.[2H]CF. The third-order valence-corrected chi connectivity index (χ3v) is 14.4. The van der Waals surface area contributed by atoms with Gasteiger partial charge in [-0.1, -0.05) is 20.8 Å². The molecule has 105 heavy (non-hydrogen) atoms. The van der Waals surface area contributed by atoms with E-state index in [1.54, 1.807) is 17.0 Å². The van der Waals surface area contributed by atoms with E-state index < -0.39 is 92.3 Å². The molecule has 4 aromatic carbocycles. The Morgan fingerprint density at radius 3 is 1.20 bits per heavy atom. The number of nitrogens with zero attached hydrogens (tertiary/aromatic N) is 8. The minimum atomic E-state index is -4.71. The van der Waals surface area contributed by atoms with Gasteiger partial charge in [0.1, 0.15) is 5.69 Å². The highest BCUT2D eigenvalue weighted by atomic mass is 35.5. The maximum absolute atomic E-state index is 13.0. The summed E-state index contributed by atoms with van der Waals surface area (Å²) in [6.45, 7) is 18.3. The lowest BCUT2D eigenvalue weighted by Crippen LogP contribution is -2.36. The van der Waals surface area contributed by atoms with Crippen LogP contribution in [0.15, 0.2) is 122 Å². The van der Waals surface area contributed by atoms with Gasteiger partial charge in [-0.25, -0.2) is 0 Å². The monoisotopic (exact) mass is 1600 g/mol.